The highest BCUT2D eigenvalue weighted by Crippen LogP contribution is 2.20. The minimum atomic E-state index is 0.337. The molecule has 3 heteroatoms. The number of benzene rings is 1. The first-order valence-electron chi connectivity index (χ1n) is 5.89. The van der Waals surface area contributed by atoms with Gasteiger partial charge >= 0.3 is 0 Å². The van der Waals surface area contributed by atoms with E-state index >= 15 is 0 Å². The van der Waals surface area contributed by atoms with Gasteiger partial charge in [-0.05, 0) is 12.5 Å². The number of nitrogens with two attached hydrogens (primary N) is 1. The summed E-state index contributed by atoms with van der Waals surface area (Å²) in [5, 5.41) is 0. The maximum atomic E-state index is 5.89. The van der Waals surface area contributed by atoms with E-state index in [1.165, 1.54) is 11.1 Å². The number of nitrogens with zero attached hydrogens (tertiary/aromatic N) is 1. The fraction of sp³-hybridized carbons (Fsp3) is 0.538. The second-order valence-electron chi connectivity index (χ2n) is 4.31. The highest BCUT2D eigenvalue weighted by atomic mass is 16.5. The van der Waals surface area contributed by atoms with Crippen LogP contribution in [0.4, 0.5) is 0 Å². The van der Waals surface area contributed by atoms with E-state index in [0.29, 0.717) is 12.6 Å². The van der Waals surface area contributed by atoms with E-state index < -0.39 is 0 Å². The SMILES string of the molecule is Cc1ccc([C@H](CN)N2CCOCC2)cc1. The standard InChI is InChI=1S/C13H20N2O/c1-11-2-4-12(5-3-11)13(10-14)15-6-8-16-9-7-15/h2-5,13H,6-10,14H2,1H3/t13-/m0/s1. The van der Waals surface area contributed by atoms with Crippen LogP contribution in [0.2, 0.25) is 0 Å². The highest BCUT2D eigenvalue weighted by Gasteiger charge is 2.20. The summed E-state index contributed by atoms with van der Waals surface area (Å²) in [5.41, 5.74) is 8.50. The Balaban J connectivity index is 2.11. The minimum absolute atomic E-state index is 0.337. The molecule has 1 aromatic rings. The molecule has 1 saturated heterocycles. The van der Waals surface area contributed by atoms with Crippen LogP contribution in [0.5, 0.6) is 0 Å². The van der Waals surface area contributed by atoms with E-state index in [-0.39, 0.29) is 0 Å². The summed E-state index contributed by atoms with van der Waals surface area (Å²) in [6.45, 7) is 6.38. The van der Waals surface area contributed by atoms with Gasteiger partial charge < -0.3 is 10.5 Å². The predicted molar refractivity (Wildman–Crippen MR) is 65.4 cm³/mol. The maximum absolute atomic E-state index is 5.89. The molecule has 1 aliphatic rings. The van der Waals surface area contributed by atoms with Crippen LogP contribution < -0.4 is 5.73 Å². The van der Waals surface area contributed by atoms with Crippen molar-refractivity contribution in [3.8, 4) is 0 Å². The molecule has 3 nitrogen and oxygen atoms in total. The Labute approximate surface area is 97.2 Å². The van der Waals surface area contributed by atoms with E-state index in [1.807, 2.05) is 0 Å². The Morgan fingerprint density at radius 2 is 1.88 bits per heavy atom. The Kier molecular flexibility index (Phi) is 3.93. The molecule has 1 fully saturated rings. The first kappa shape index (κ1) is 11.6. The molecule has 0 aliphatic carbocycles. The average molecular weight is 220 g/mol. The Morgan fingerprint density at radius 3 is 2.44 bits per heavy atom. The van der Waals surface area contributed by atoms with Crippen LogP contribution in [0, 0.1) is 6.92 Å². The molecular formula is C13H20N2O. The molecule has 1 heterocycles. The fourth-order valence-corrected chi connectivity index (χ4v) is 2.17. The average Bonchev–Trinajstić information content (AvgIpc) is 2.34. The van der Waals surface area contributed by atoms with Gasteiger partial charge in [-0.1, -0.05) is 29.8 Å². The van der Waals surface area contributed by atoms with E-state index in [1.54, 1.807) is 0 Å². The molecule has 88 valence electrons. The Bertz CT molecular complexity index is 317. The van der Waals surface area contributed by atoms with Gasteiger partial charge in [0, 0.05) is 25.7 Å². The monoisotopic (exact) mass is 220 g/mol. The van der Waals surface area contributed by atoms with Crippen molar-refractivity contribution in [3.63, 3.8) is 0 Å². The lowest BCUT2D eigenvalue weighted by Gasteiger charge is -2.34. The van der Waals surface area contributed by atoms with Crippen molar-refractivity contribution in [1.82, 2.24) is 4.90 Å². The molecule has 2 rings (SSSR count). The zero-order valence-electron chi connectivity index (χ0n) is 9.86. The van der Waals surface area contributed by atoms with Gasteiger partial charge in [0.05, 0.1) is 13.2 Å². The van der Waals surface area contributed by atoms with Crippen LogP contribution in [0.15, 0.2) is 24.3 Å². The Hall–Kier alpha value is -0.900. The fourth-order valence-electron chi connectivity index (χ4n) is 2.17. The molecule has 0 saturated carbocycles. The first-order valence-corrected chi connectivity index (χ1v) is 5.89. The van der Waals surface area contributed by atoms with Crippen LogP contribution in [0.3, 0.4) is 0 Å². The van der Waals surface area contributed by atoms with Crippen molar-refractivity contribution in [2.24, 2.45) is 5.73 Å². The van der Waals surface area contributed by atoms with Gasteiger partial charge in [-0.25, -0.2) is 0 Å². The molecule has 1 aliphatic heterocycles. The summed E-state index contributed by atoms with van der Waals surface area (Å²) in [4.78, 5) is 2.41. The lowest BCUT2D eigenvalue weighted by Crippen LogP contribution is -2.41. The number of hydrogen-bond donors (Lipinski definition) is 1. The number of hydrogen-bond acceptors (Lipinski definition) is 3. The smallest absolute Gasteiger partial charge is 0.0594 e. The molecule has 0 aromatic heterocycles. The van der Waals surface area contributed by atoms with Crippen molar-refractivity contribution in [3.05, 3.63) is 35.4 Å². The van der Waals surface area contributed by atoms with Crippen molar-refractivity contribution in [1.29, 1.82) is 0 Å². The van der Waals surface area contributed by atoms with Crippen LogP contribution >= 0.6 is 0 Å². The van der Waals surface area contributed by atoms with Gasteiger partial charge in [0.1, 0.15) is 0 Å². The first-order chi connectivity index (χ1) is 7.81. The highest BCUT2D eigenvalue weighted by molar-refractivity contribution is 5.24. The molecule has 0 radical (unpaired) electrons. The normalized spacial score (nSPS) is 19.6. The van der Waals surface area contributed by atoms with Crippen LogP contribution in [0.25, 0.3) is 0 Å². The second kappa shape index (κ2) is 5.43. The van der Waals surface area contributed by atoms with Gasteiger partial charge in [0.2, 0.25) is 0 Å². The van der Waals surface area contributed by atoms with E-state index in [2.05, 4.69) is 36.1 Å². The third kappa shape index (κ3) is 2.61. The third-order valence-electron chi connectivity index (χ3n) is 3.17. The van der Waals surface area contributed by atoms with Crippen LogP contribution in [-0.4, -0.2) is 37.7 Å². The molecule has 16 heavy (non-hydrogen) atoms. The van der Waals surface area contributed by atoms with E-state index in [9.17, 15) is 0 Å². The van der Waals surface area contributed by atoms with Crippen LogP contribution in [0.1, 0.15) is 17.2 Å². The van der Waals surface area contributed by atoms with Crippen molar-refractivity contribution in [2.45, 2.75) is 13.0 Å². The molecule has 1 atom stereocenters. The quantitative estimate of drug-likeness (QED) is 0.835. The molecule has 2 N–H and O–H groups in total. The minimum Gasteiger partial charge on any atom is -0.379 e. The summed E-state index contributed by atoms with van der Waals surface area (Å²) in [6, 6.07) is 9.01. The van der Waals surface area contributed by atoms with Gasteiger partial charge in [-0.15, -0.1) is 0 Å². The largest absolute Gasteiger partial charge is 0.379 e. The molecule has 0 unspecified atom stereocenters. The van der Waals surface area contributed by atoms with Crippen LogP contribution in [-0.2, 0) is 4.74 Å². The van der Waals surface area contributed by atoms with Crippen molar-refractivity contribution >= 4 is 0 Å². The van der Waals surface area contributed by atoms with Gasteiger partial charge in [0.15, 0.2) is 0 Å². The van der Waals surface area contributed by atoms with Gasteiger partial charge in [0.25, 0.3) is 0 Å². The summed E-state index contributed by atoms with van der Waals surface area (Å²) in [7, 11) is 0. The molecule has 1 aromatic carbocycles. The van der Waals surface area contributed by atoms with Crippen molar-refractivity contribution in [2.75, 3.05) is 32.8 Å². The number of morpholine rings is 1. The topological polar surface area (TPSA) is 38.5 Å². The van der Waals surface area contributed by atoms with Gasteiger partial charge in [-0.2, -0.15) is 0 Å². The molecule has 0 bridgehead atoms. The number of ether oxygens (including phenoxy) is 1. The third-order valence-corrected chi connectivity index (χ3v) is 3.17. The Morgan fingerprint density at radius 1 is 1.25 bits per heavy atom. The molecule has 0 spiro atoms. The lowest BCUT2D eigenvalue weighted by molar-refractivity contribution is 0.0179. The summed E-state index contributed by atoms with van der Waals surface area (Å²) < 4.78 is 5.37. The summed E-state index contributed by atoms with van der Waals surface area (Å²) >= 11 is 0. The summed E-state index contributed by atoms with van der Waals surface area (Å²) in [6.07, 6.45) is 0. The molecule has 0 amide bonds. The number of aryl methyl sites for hydroxylation is 1. The van der Waals surface area contributed by atoms with E-state index in [0.717, 1.165) is 26.3 Å². The zero-order chi connectivity index (χ0) is 11.4. The van der Waals surface area contributed by atoms with Crippen molar-refractivity contribution < 1.29 is 4.74 Å². The van der Waals surface area contributed by atoms with Gasteiger partial charge in [-0.3, -0.25) is 4.90 Å². The summed E-state index contributed by atoms with van der Waals surface area (Å²) in [5.74, 6) is 0. The van der Waals surface area contributed by atoms with E-state index in [4.69, 9.17) is 10.5 Å². The number of rotatable bonds is 3. The zero-order valence-corrected chi connectivity index (χ0v) is 9.86. The molecular weight excluding hydrogens is 200 g/mol. The maximum Gasteiger partial charge on any atom is 0.0594 e. The lowest BCUT2D eigenvalue weighted by atomic mass is 10.0. The second-order valence-corrected chi connectivity index (χ2v) is 4.31. The predicted octanol–water partition coefficient (Wildman–Crippen LogP) is 1.33.